The fourth-order valence-electron chi connectivity index (χ4n) is 2.47. The molecule has 1 aromatic rings. The number of hydrogen-bond donors (Lipinski definition) is 2. The van der Waals surface area contributed by atoms with E-state index in [0.29, 0.717) is 19.1 Å². The molecular weight excluding hydrogens is 250 g/mol. The monoisotopic (exact) mass is 279 g/mol. The van der Waals surface area contributed by atoms with Gasteiger partial charge in [0.15, 0.2) is 0 Å². The molecule has 2 unspecified atom stereocenters. The molecular formula is C16H29N3O. The third-order valence-corrected chi connectivity index (χ3v) is 3.67. The van der Waals surface area contributed by atoms with E-state index in [2.05, 4.69) is 37.7 Å². The van der Waals surface area contributed by atoms with E-state index in [4.69, 9.17) is 5.73 Å². The molecule has 0 aliphatic heterocycles. The van der Waals surface area contributed by atoms with Crippen LogP contribution in [0.25, 0.3) is 0 Å². The topological polar surface area (TPSA) is 52.7 Å². The Hall–Kier alpha value is -0.940. The van der Waals surface area contributed by atoms with Crippen LogP contribution < -0.4 is 5.73 Å². The van der Waals surface area contributed by atoms with Crippen molar-refractivity contribution < 1.29 is 5.11 Å². The summed E-state index contributed by atoms with van der Waals surface area (Å²) in [5.41, 5.74) is 7.64. The summed E-state index contributed by atoms with van der Waals surface area (Å²) in [6.45, 7) is 7.47. The van der Waals surface area contributed by atoms with Crippen LogP contribution in [0.5, 0.6) is 0 Å². The van der Waals surface area contributed by atoms with Crippen molar-refractivity contribution in [2.75, 3.05) is 33.7 Å². The van der Waals surface area contributed by atoms with Gasteiger partial charge in [-0.05, 0) is 38.7 Å². The van der Waals surface area contributed by atoms with Crippen LogP contribution >= 0.6 is 0 Å². The van der Waals surface area contributed by atoms with Crippen molar-refractivity contribution in [3.05, 3.63) is 35.4 Å². The zero-order valence-electron chi connectivity index (χ0n) is 13.2. The molecule has 0 aliphatic rings. The molecule has 0 saturated carbocycles. The Kier molecular flexibility index (Phi) is 7.16. The van der Waals surface area contributed by atoms with Gasteiger partial charge in [-0.2, -0.15) is 0 Å². The van der Waals surface area contributed by atoms with E-state index in [1.54, 1.807) is 0 Å². The fraction of sp³-hybridized carbons (Fsp3) is 0.625. The van der Waals surface area contributed by atoms with Crippen LogP contribution in [-0.2, 0) is 6.54 Å². The summed E-state index contributed by atoms with van der Waals surface area (Å²) in [4.78, 5) is 4.48. The number of aliphatic hydroxyl groups is 1. The quantitative estimate of drug-likeness (QED) is 0.756. The first-order valence-corrected chi connectivity index (χ1v) is 7.33. The Morgan fingerprint density at radius 3 is 2.20 bits per heavy atom. The molecule has 0 fully saturated rings. The van der Waals surface area contributed by atoms with Crippen LogP contribution in [0.4, 0.5) is 0 Å². The number of nitrogens with two attached hydrogens (primary N) is 1. The first-order chi connectivity index (χ1) is 9.47. The van der Waals surface area contributed by atoms with Gasteiger partial charge in [0.2, 0.25) is 0 Å². The zero-order chi connectivity index (χ0) is 15.1. The van der Waals surface area contributed by atoms with E-state index in [1.807, 2.05) is 24.3 Å². The Morgan fingerprint density at radius 2 is 1.75 bits per heavy atom. The molecule has 114 valence electrons. The second-order valence-electron chi connectivity index (χ2n) is 5.66. The molecule has 4 nitrogen and oxygen atoms in total. The van der Waals surface area contributed by atoms with Crippen molar-refractivity contribution in [1.29, 1.82) is 0 Å². The minimum atomic E-state index is -0.452. The second-order valence-corrected chi connectivity index (χ2v) is 5.66. The van der Waals surface area contributed by atoms with Crippen molar-refractivity contribution in [1.82, 2.24) is 9.80 Å². The highest BCUT2D eigenvalue weighted by atomic mass is 16.3. The van der Waals surface area contributed by atoms with E-state index >= 15 is 0 Å². The van der Waals surface area contributed by atoms with E-state index in [-0.39, 0.29) is 0 Å². The van der Waals surface area contributed by atoms with Gasteiger partial charge in [-0.15, -0.1) is 0 Å². The molecule has 1 rings (SSSR count). The molecule has 0 radical (unpaired) electrons. The van der Waals surface area contributed by atoms with Crippen molar-refractivity contribution in [3.63, 3.8) is 0 Å². The van der Waals surface area contributed by atoms with Gasteiger partial charge < -0.3 is 15.7 Å². The molecule has 20 heavy (non-hydrogen) atoms. The molecule has 0 saturated heterocycles. The first kappa shape index (κ1) is 17.1. The van der Waals surface area contributed by atoms with Crippen molar-refractivity contribution in [3.8, 4) is 0 Å². The predicted octanol–water partition coefficient (Wildman–Crippen LogP) is 1.45. The summed E-state index contributed by atoms with van der Waals surface area (Å²) in [6.07, 6.45) is -0.452. The van der Waals surface area contributed by atoms with Crippen molar-refractivity contribution >= 4 is 0 Å². The largest absolute Gasteiger partial charge is 0.387 e. The molecule has 0 spiro atoms. The molecule has 0 bridgehead atoms. The van der Waals surface area contributed by atoms with Gasteiger partial charge in [0.05, 0.1) is 6.10 Å². The minimum Gasteiger partial charge on any atom is -0.387 e. The standard InChI is InChI=1S/C16H29N3O/c1-5-19(13(2)11-18(3)4)12-16(20)15-8-6-14(10-17)7-9-15/h6-9,13,16,20H,5,10-12,17H2,1-4H3. The van der Waals surface area contributed by atoms with Gasteiger partial charge in [0, 0.05) is 25.7 Å². The van der Waals surface area contributed by atoms with E-state index < -0.39 is 6.10 Å². The van der Waals surface area contributed by atoms with Gasteiger partial charge in [0.25, 0.3) is 0 Å². The number of hydrogen-bond acceptors (Lipinski definition) is 4. The highest BCUT2D eigenvalue weighted by Crippen LogP contribution is 2.16. The highest BCUT2D eigenvalue weighted by molar-refractivity contribution is 5.24. The van der Waals surface area contributed by atoms with Crippen LogP contribution in [0.1, 0.15) is 31.1 Å². The molecule has 2 atom stereocenters. The van der Waals surface area contributed by atoms with Crippen LogP contribution in [0.15, 0.2) is 24.3 Å². The lowest BCUT2D eigenvalue weighted by Gasteiger charge is -2.31. The number of aliphatic hydroxyl groups excluding tert-OH is 1. The van der Waals surface area contributed by atoms with Crippen LogP contribution in [0.3, 0.4) is 0 Å². The number of likely N-dealkylation sites (N-methyl/N-ethyl adjacent to an activating group) is 2. The van der Waals surface area contributed by atoms with E-state index in [9.17, 15) is 5.11 Å². The fourth-order valence-corrected chi connectivity index (χ4v) is 2.47. The minimum absolute atomic E-state index is 0.424. The molecule has 0 aromatic heterocycles. The highest BCUT2D eigenvalue weighted by Gasteiger charge is 2.17. The third-order valence-electron chi connectivity index (χ3n) is 3.67. The van der Waals surface area contributed by atoms with Crippen molar-refractivity contribution in [2.45, 2.75) is 32.5 Å². The lowest BCUT2D eigenvalue weighted by atomic mass is 10.1. The molecule has 4 heteroatoms. The predicted molar refractivity (Wildman–Crippen MR) is 84.6 cm³/mol. The maximum atomic E-state index is 10.4. The lowest BCUT2D eigenvalue weighted by Crippen LogP contribution is -2.42. The number of rotatable bonds is 8. The van der Waals surface area contributed by atoms with Gasteiger partial charge in [-0.1, -0.05) is 31.2 Å². The summed E-state index contributed by atoms with van der Waals surface area (Å²) < 4.78 is 0. The maximum absolute atomic E-state index is 10.4. The van der Waals surface area contributed by atoms with Crippen LogP contribution in [0.2, 0.25) is 0 Å². The Labute approximate surface area is 123 Å². The summed E-state index contributed by atoms with van der Waals surface area (Å²) >= 11 is 0. The number of benzene rings is 1. The summed E-state index contributed by atoms with van der Waals surface area (Å²) in [7, 11) is 4.15. The molecule has 0 amide bonds. The first-order valence-electron chi connectivity index (χ1n) is 7.33. The van der Waals surface area contributed by atoms with E-state index in [1.165, 1.54) is 0 Å². The molecule has 0 aliphatic carbocycles. The number of nitrogens with zero attached hydrogens (tertiary/aromatic N) is 2. The lowest BCUT2D eigenvalue weighted by molar-refractivity contribution is 0.0859. The third kappa shape index (κ3) is 5.21. The Balaban J connectivity index is 2.63. The Morgan fingerprint density at radius 1 is 1.15 bits per heavy atom. The summed E-state index contributed by atoms with van der Waals surface area (Å²) in [5.74, 6) is 0. The summed E-state index contributed by atoms with van der Waals surface area (Å²) in [6, 6.07) is 8.33. The van der Waals surface area contributed by atoms with Gasteiger partial charge >= 0.3 is 0 Å². The van der Waals surface area contributed by atoms with Gasteiger partial charge in [-0.3, -0.25) is 4.90 Å². The maximum Gasteiger partial charge on any atom is 0.0917 e. The average Bonchev–Trinajstić information content (AvgIpc) is 2.43. The molecule has 1 aromatic carbocycles. The second kappa shape index (κ2) is 8.37. The SMILES string of the molecule is CCN(CC(O)c1ccc(CN)cc1)C(C)CN(C)C. The van der Waals surface area contributed by atoms with Gasteiger partial charge in [0.1, 0.15) is 0 Å². The molecule has 0 heterocycles. The van der Waals surface area contributed by atoms with E-state index in [0.717, 1.165) is 24.2 Å². The normalized spacial score (nSPS) is 14.8. The van der Waals surface area contributed by atoms with Crippen LogP contribution in [0, 0.1) is 0 Å². The molecule has 3 N–H and O–H groups in total. The van der Waals surface area contributed by atoms with Crippen molar-refractivity contribution in [2.24, 2.45) is 5.73 Å². The average molecular weight is 279 g/mol. The van der Waals surface area contributed by atoms with Gasteiger partial charge in [-0.25, -0.2) is 0 Å². The zero-order valence-corrected chi connectivity index (χ0v) is 13.2. The van der Waals surface area contributed by atoms with Crippen LogP contribution in [-0.4, -0.2) is 54.7 Å². The Bertz CT molecular complexity index is 378. The summed E-state index contributed by atoms with van der Waals surface area (Å²) in [5, 5.41) is 10.4. The smallest absolute Gasteiger partial charge is 0.0917 e.